The first-order valence-corrected chi connectivity index (χ1v) is 5.68. The van der Waals surface area contributed by atoms with Gasteiger partial charge in [0.05, 0.1) is 13.0 Å². The van der Waals surface area contributed by atoms with E-state index in [-0.39, 0.29) is 5.97 Å². The summed E-state index contributed by atoms with van der Waals surface area (Å²) >= 11 is 0. The zero-order valence-corrected chi connectivity index (χ0v) is 10.1. The van der Waals surface area contributed by atoms with Gasteiger partial charge in [0.2, 0.25) is 0 Å². The maximum Gasteiger partial charge on any atom is 0.307 e. The lowest BCUT2D eigenvalue weighted by molar-refractivity contribution is -0.142. The molecule has 0 heterocycles. The summed E-state index contributed by atoms with van der Waals surface area (Å²) in [4.78, 5) is 11.0. The Bertz CT molecular complexity index is 172. The van der Waals surface area contributed by atoms with E-state index < -0.39 is 0 Å². The first-order chi connectivity index (χ1) is 7.11. The fraction of sp³-hybridized carbons (Fsp3) is 0.909. The van der Waals surface area contributed by atoms with Crippen LogP contribution >= 0.6 is 0 Å². The van der Waals surface area contributed by atoms with Crippen molar-refractivity contribution in [1.29, 1.82) is 0 Å². The molecule has 15 heavy (non-hydrogen) atoms. The lowest BCUT2D eigenvalue weighted by atomic mass is 9.96. The molecule has 0 aliphatic carbocycles. The molecule has 1 atom stereocenters. The van der Waals surface area contributed by atoms with Crippen molar-refractivity contribution in [1.82, 2.24) is 5.32 Å². The second-order valence-electron chi connectivity index (χ2n) is 4.00. The van der Waals surface area contributed by atoms with E-state index in [1.165, 1.54) is 0 Å². The number of hydrogen-bond acceptors (Lipinski definition) is 4. The van der Waals surface area contributed by atoms with E-state index in [2.05, 4.69) is 19.2 Å². The molecule has 0 bridgehead atoms. The Morgan fingerprint density at radius 2 is 2.13 bits per heavy atom. The van der Waals surface area contributed by atoms with E-state index in [0.29, 0.717) is 38.0 Å². The summed E-state index contributed by atoms with van der Waals surface area (Å²) in [6.07, 6.45) is 0.434. The van der Waals surface area contributed by atoms with E-state index in [0.717, 1.165) is 6.54 Å². The number of hydrogen-bond donors (Lipinski definition) is 2. The molecule has 0 spiro atoms. The average molecular weight is 216 g/mol. The van der Waals surface area contributed by atoms with Crippen LogP contribution in [0.1, 0.15) is 27.2 Å². The summed E-state index contributed by atoms with van der Waals surface area (Å²) in [5.41, 5.74) is 5.63. The molecule has 0 amide bonds. The normalized spacial score (nSPS) is 12.9. The SMILES string of the molecule is CCOC(=O)CCNCC(CN)C(C)C. The molecule has 4 nitrogen and oxygen atoms in total. The van der Waals surface area contributed by atoms with E-state index in [1.54, 1.807) is 0 Å². The number of esters is 1. The Hall–Kier alpha value is -0.610. The Kier molecular flexibility index (Phi) is 8.33. The second kappa shape index (κ2) is 8.68. The third-order valence-electron chi connectivity index (χ3n) is 2.46. The zero-order chi connectivity index (χ0) is 11.7. The van der Waals surface area contributed by atoms with Crippen molar-refractivity contribution in [3.05, 3.63) is 0 Å². The lowest BCUT2D eigenvalue weighted by Gasteiger charge is -2.19. The first kappa shape index (κ1) is 14.4. The summed E-state index contributed by atoms with van der Waals surface area (Å²) in [7, 11) is 0. The zero-order valence-electron chi connectivity index (χ0n) is 10.1. The van der Waals surface area contributed by atoms with Crippen molar-refractivity contribution in [3.8, 4) is 0 Å². The Balaban J connectivity index is 3.48. The Morgan fingerprint density at radius 1 is 1.47 bits per heavy atom. The third kappa shape index (κ3) is 7.33. The number of nitrogens with two attached hydrogens (primary N) is 1. The molecule has 0 aliphatic heterocycles. The fourth-order valence-electron chi connectivity index (χ4n) is 1.30. The van der Waals surface area contributed by atoms with Gasteiger partial charge in [-0.3, -0.25) is 4.79 Å². The lowest BCUT2D eigenvalue weighted by Crippen LogP contribution is -2.32. The van der Waals surface area contributed by atoms with Crippen LogP contribution in [0.25, 0.3) is 0 Å². The topological polar surface area (TPSA) is 64.3 Å². The highest BCUT2D eigenvalue weighted by Crippen LogP contribution is 2.07. The van der Waals surface area contributed by atoms with Gasteiger partial charge in [0, 0.05) is 6.54 Å². The van der Waals surface area contributed by atoms with E-state index >= 15 is 0 Å². The molecule has 1 unspecified atom stereocenters. The van der Waals surface area contributed by atoms with Crippen LogP contribution in [-0.4, -0.2) is 32.2 Å². The number of nitrogens with one attached hydrogen (secondary N) is 1. The summed E-state index contributed by atoms with van der Waals surface area (Å²) in [6, 6.07) is 0. The maximum atomic E-state index is 11.0. The number of carbonyl (C=O) groups excluding carboxylic acids is 1. The van der Waals surface area contributed by atoms with Crippen LogP contribution in [0.4, 0.5) is 0 Å². The monoisotopic (exact) mass is 216 g/mol. The molecule has 0 aromatic carbocycles. The predicted molar refractivity (Wildman–Crippen MR) is 61.5 cm³/mol. The minimum absolute atomic E-state index is 0.140. The summed E-state index contributed by atoms with van der Waals surface area (Å²) in [6.45, 7) is 8.81. The van der Waals surface area contributed by atoms with E-state index in [9.17, 15) is 4.79 Å². The standard InChI is InChI=1S/C11H24N2O2/c1-4-15-11(14)5-6-13-8-10(7-12)9(2)3/h9-10,13H,4-8,12H2,1-3H3. The van der Waals surface area contributed by atoms with Crippen LogP contribution in [0.2, 0.25) is 0 Å². The number of rotatable bonds is 8. The van der Waals surface area contributed by atoms with Crippen LogP contribution in [0.15, 0.2) is 0 Å². The smallest absolute Gasteiger partial charge is 0.307 e. The van der Waals surface area contributed by atoms with E-state index in [1.807, 2.05) is 6.92 Å². The van der Waals surface area contributed by atoms with Crippen LogP contribution in [0, 0.1) is 11.8 Å². The molecular weight excluding hydrogens is 192 g/mol. The molecule has 0 fully saturated rings. The van der Waals surface area contributed by atoms with Crippen molar-refractivity contribution < 1.29 is 9.53 Å². The van der Waals surface area contributed by atoms with Crippen molar-refractivity contribution in [2.45, 2.75) is 27.2 Å². The third-order valence-corrected chi connectivity index (χ3v) is 2.46. The molecule has 0 aromatic rings. The van der Waals surface area contributed by atoms with E-state index in [4.69, 9.17) is 10.5 Å². The number of carbonyl (C=O) groups is 1. The van der Waals surface area contributed by atoms with Crippen molar-refractivity contribution in [3.63, 3.8) is 0 Å². The molecule has 0 saturated heterocycles. The largest absolute Gasteiger partial charge is 0.466 e. The number of ether oxygens (including phenoxy) is 1. The van der Waals surface area contributed by atoms with Gasteiger partial charge in [0.1, 0.15) is 0 Å². The van der Waals surface area contributed by atoms with Crippen LogP contribution in [0.3, 0.4) is 0 Å². The van der Waals surface area contributed by atoms with Gasteiger partial charge in [0.25, 0.3) is 0 Å². The second-order valence-corrected chi connectivity index (χ2v) is 4.00. The van der Waals surface area contributed by atoms with Gasteiger partial charge in [-0.1, -0.05) is 13.8 Å². The van der Waals surface area contributed by atoms with Gasteiger partial charge in [-0.05, 0) is 31.8 Å². The highest BCUT2D eigenvalue weighted by molar-refractivity contribution is 5.69. The van der Waals surface area contributed by atoms with Gasteiger partial charge < -0.3 is 15.8 Å². The quantitative estimate of drug-likeness (QED) is 0.464. The molecule has 90 valence electrons. The predicted octanol–water partition coefficient (Wildman–Crippen LogP) is 0.760. The minimum Gasteiger partial charge on any atom is -0.466 e. The summed E-state index contributed by atoms with van der Waals surface area (Å²) < 4.78 is 4.82. The summed E-state index contributed by atoms with van der Waals surface area (Å²) in [5, 5.41) is 3.23. The maximum absolute atomic E-state index is 11.0. The van der Waals surface area contributed by atoms with Gasteiger partial charge >= 0.3 is 5.97 Å². The minimum atomic E-state index is -0.140. The molecule has 0 aromatic heterocycles. The van der Waals surface area contributed by atoms with Crippen LogP contribution in [0.5, 0.6) is 0 Å². The Labute approximate surface area is 92.6 Å². The molecule has 0 aliphatic rings. The van der Waals surface area contributed by atoms with Crippen molar-refractivity contribution >= 4 is 5.97 Å². The van der Waals surface area contributed by atoms with Crippen molar-refractivity contribution in [2.75, 3.05) is 26.2 Å². The van der Waals surface area contributed by atoms with Crippen LogP contribution < -0.4 is 11.1 Å². The van der Waals surface area contributed by atoms with Gasteiger partial charge in [0.15, 0.2) is 0 Å². The van der Waals surface area contributed by atoms with Gasteiger partial charge in [-0.15, -0.1) is 0 Å². The average Bonchev–Trinajstić information content (AvgIpc) is 2.17. The molecule has 0 saturated carbocycles. The Morgan fingerprint density at radius 3 is 2.60 bits per heavy atom. The van der Waals surface area contributed by atoms with Crippen LogP contribution in [-0.2, 0) is 9.53 Å². The molecule has 0 rings (SSSR count). The van der Waals surface area contributed by atoms with Gasteiger partial charge in [-0.25, -0.2) is 0 Å². The fourth-order valence-corrected chi connectivity index (χ4v) is 1.30. The first-order valence-electron chi connectivity index (χ1n) is 5.68. The van der Waals surface area contributed by atoms with Gasteiger partial charge in [-0.2, -0.15) is 0 Å². The van der Waals surface area contributed by atoms with Crippen molar-refractivity contribution in [2.24, 2.45) is 17.6 Å². The molecule has 0 radical (unpaired) electrons. The molecule has 3 N–H and O–H groups in total. The molecular formula is C11H24N2O2. The molecule has 4 heteroatoms. The summed E-state index contributed by atoms with van der Waals surface area (Å²) in [5.74, 6) is 0.913. The highest BCUT2D eigenvalue weighted by atomic mass is 16.5. The highest BCUT2D eigenvalue weighted by Gasteiger charge is 2.10.